The second-order valence-electron chi connectivity index (χ2n) is 4.20. The number of aryl methyl sites for hydroxylation is 1. The predicted octanol–water partition coefficient (Wildman–Crippen LogP) is 4.16. The molecule has 0 aliphatic carbocycles. The van der Waals surface area contributed by atoms with Crippen molar-refractivity contribution < 1.29 is 0 Å². The number of nitrogens with two attached hydrogens (primary N) is 1. The summed E-state index contributed by atoms with van der Waals surface area (Å²) in [5.41, 5.74) is 9.19. The van der Waals surface area contributed by atoms with Gasteiger partial charge in [-0.2, -0.15) is 5.10 Å². The van der Waals surface area contributed by atoms with Crippen molar-refractivity contribution in [2.75, 3.05) is 5.73 Å². The standard InChI is InChI=1S/C14H12BrN3S/c1-18-14(16)12(9-5-3-2-4-6-9)13(17-18)10-7-8-11(15)19-10/h2-8H,16H2,1H3. The summed E-state index contributed by atoms with van der Waals surface area (Å²) in [6, 6.07) is 14.2. The van der Waals surface area contributed by atoms with Crippen LogP contribution in [0.1, 0.15) is 0 Å². The van der Waals surface area contributed by atoms with Gasteiger partial charge in [0.1, 0.15) is 11.5 Å². The first-order chi connectivity index (χ1) is 9.16. The van der Waals surface area contributed by atoms with E-state index in [2.05, 4.69) is 39.2 Å². The Bertz CT molecular complexity index is 716. The Hall–Kier alpha value is -1.59. The van der Waals surface area contributed by atoms with Gasteiger partial charge in [0.05, 0.1) is 14.2 Å². The Morgan fingerprint density at radius 3 is 2.53 bits per heavy atom. The normalized spacial score (nSPS) is 10.8. The molecule has 96 valence electrons. The highest BCUT2D eigenvalue weighted by molar-refractivity contribution is 9.11. The lowest BCUT2D eigenvalue weighted by Crippen LogP contribution is -1.97. The van der Waals surface area contributed by atoms with Gasteiger partial charge in [0.2, 0.25) is 0 Å². The van der Waals surface area contributed by atoms with Gasteiger partial charge in [0.25, 0.3) is 0 Å². The monoisotopic (exact) mass is 333 g/mol. The molecule has 3 nitrogen and oxygen atoms in total. The highest BCUT2D eigenvalue weighted by Gasteiger charge is 2.18. The van der Waals surface area contributed by atoms with Crippen LogP contribution >= 0.6 is 27.3 Å². The van der Waals surface area contributed by atoms with E-state index in [0.29, 0.717) is 5.82 Å². The minimum absolute atomic E-state index is 0.686. The number of hydrogen-bond acceptors (Lipinski definition) is 3. The number of rotatable bonds is 2. The van der Waals surface area contributed by atoms with Gasteiger partial charge in [-0.25, -0.2) is 0 Å². The third-order valence-corrected chi connectivity index (χ3v) is 4.59. The maximum atomic E-state index is 6.17. The third-order valence-electron chi connectivity index (χ3n) is 2.96. The smallest absolute Gasteiger partial charge is 0.129 e. The summed E-state index contributed by atoms with van der Waals surface area (Å²) in [5, 5.41) is 4.55. The van der Waals surface area contributed by atoms with Gasteiger partial charge in [0.15, 0.2) is 0 Å². The molecule has 5 heteroatoms. The molecule has 19 heavy (non-hydrogen) atoms. The number of nitrogen functional groups attached to an aromatic ring is 1. The zero-order valence-corrected chi connectivity index (χ0v) is 12.7. The van der Waals surface area contributed by atoms with E-state index in [1.807, 2.05) is 31.3 Å². The van der Waals surface area contributed by atoms with E-state index in [1.54, 1.807) is 16.0 Å². The van der Waals surface area contributed by atoms with E-state index in [0.717, 1.165) is 25.5 Å². The number of benzene rings is 1. The van der Waals surface area contributed by atoms with Gasteiger partial charge in [-0.15, -0.1) is 11.3 Å². The van der Waals surface area contributed by atoms with Gasteiger partial charge in [0, 0.05) is 7.05 Å². The molecule has 0 saturated carbocycles. The molecule has 2 heterocycles. The topological polar surface area (TPSA) is 43.8 Å². The first-order valence-electron chi connectivity index (χ1n) is 5.80. The third kappa shape index (κ3) is 2.19. The van der Waals surface area contributed by atoms with Crippen molar-refractivity contribution in [3.63, 3.8) is 0 Å². The number of hydrogen-bond donors (Lipinski definition) is 1. The van der Waals surface area contributed by atoms with Crippen LogP contribution in [0.2, 0.25) is 0 Å². The fourth-order valence-corrected chi connectivity index (χ4v) is 3.42. The molecule has 0 spiro atoms. The summed E-state index contributed by atoms with van der Waals surface area (Å²) >= 11 is 5.15. The molecule has 2 aromatic heterocycles. The SMILES string of the molecule is Cn1nc(-c2ccc(Br)s2)c(-c2ccccc2)c1N. The Morgan fingerprint density at radius 1 is 1.16 bits per heavy atom. The molecule has 2 N–H and O–H groups in total. The fourth-order valence-electron chi connectivity index (χ4n) is 2.04. The van der Waals surface area contributed by atoms with E-state index in [4.69, 9.17) is 5.73 Å². The van der Waals surface area contributed by atoms with E-state index < -0.39 is 0 Å². The number of aromatic nitrogens is 2. The lowest BCUT2D eigenvalue weighted by molar-refractivity contribution is 0.783. The van der Waals surface area contributed by atoms with Crippen LogP contribution in [-0.2, 0) is 7.05 Å². The fraction of sp³-hybridized carbons (Fsp3) is 0.0714. The molecule has 1 aromatic carbocycles. The summed E-state index contributed by atoms with van der Waals surface area (Å²) in [6.45, 7) is 0. The second kappa shape index (κ2) is 4.83. The molecule has 0 atom stereocenters. The molecule has 0 bridgehead atoms. The highest BCUT2D eigenvalue weighted by atomic mass is 79.9. The molecule has 0 fully saturated rings. The minimum Gasteiger partial charge on any atom is -0.383 e. The zero-order chi connectivity index (χ0) is 13.4. The molecule has 0 aliphatic heterocycles. The Morgan fingerprint density at radius 2 is 1.89 bits per heavy atom. The Balaban J connectivity index is 2.24. The largest absolute Gasteiger partial charge is 0.383 e. The van der Waals surface area contributed by atoms with E-state index >= 15 is 0 Å². The molecule has 3 aromatic rings. The maximum absolute atomic E-state index is 6.17. The van der Waals surface area contributed by atoms with Crippen LogP contribution < -0.4 is 5.73 Å². The molecule has 0 aliphatic rings. The van der Waals surface area contributed by atoms with Crippen molar-refractivity contribution in [2.45, 2.75) is 0 Å². The van der Waals surface area contributed by atoms with E-state index in [-0.39, 0.29) is 0 Å². The first kappa shape index (κ1) is 12.4. The van der Waals surface area contributed by atoms with Gasteiger partial charge in [-0.05, 0) is 33.6 Å². The maximum Gasteiger partial charge on any atom is 0.129 e. The van der Waals surface area contributed by atoms with Crippen molar-refractivity contribution in [2.24, 2.45) is 7.05 Å². The summed E-state index contributed by atoms with van der Waals surface area (Å²) in [6.07, 6.45) is 0. The minimum atomic E-state index is 0.686. The molecular weight excluding hydrogens is 322 g/mol. The lowest BCUT2D eigenvalue weighted by Gasteiger charge is -2.02. The van der Waals surface area contributed by atoms with Crippen molar-refractivity contribution >= 4 is 33.1 Å². The number of anilines is 1. The molecule has 0 unspecified atom stereocenters. The number of thiophene rings is 1. The first-order valence-corrected chi connectivity index (χ1v) is 7.41. The summed E-state index contributed by atoms with van der Waals surface area (Å²) in [5.74, 6) is 0.686. The van der Waals surface area contributed by atoms with E-state index in [1.165, 1.54) is 0 Å². The molecule has 3 rings (SSSR count). The lowest BCUT2D eigenvalue weighted by atomic mass is 10.0. The van der Waals surface area contributed by atoms with Crippen LogP contribution in [-0.4, -0.2) is 9.78 Å². The summed E-state index contributed by atoms with van der Waals surface area (Å²) in [7, 11) is 1.87. The van der Waals surface area contributed by atoms with Crippen LogP contribution in [0.25, 0.3) is 21.7 Å². The second-order valence-corrected chi connectivity index (χ2v) is 6.67. The zero-order valence-electron chi connectivity index (χ0n) is 10.3. The quantitative estimate of drug-likeness (QED) is 0.765. The van der Waals surface area contributed by atoms with Crippen LogP contribution in [0.15, 0.2) is 46.3 Å². The Labute approximate surface area is 123 Å². The van der Waals surface area contributed by atoms with Crippen molar-refractivity contribution in [1.29, 1.82) is 0 Å². The van der Waals surface area contributed by atoms with Crippen LogP contribution in [0.5, 0.6) is 0 Å². The number of nitrogens with zero attached hydrogens (tertiary/aromatic N) is 2. The molecular formula is C14H12BrN3S. The van der Waals surface area contributed by atoms with Gasteiger partial charge in [-0.1, -0.05) is 30.3 Å². The van der Waals surface area contributed by atoms with Crippen molar-refractivity contribution in [1.82, 2.24) is 9.78 Å². The summed E-state index contributed by atoms with van der Waals surface area (Å²) < 4.78 is 2.82. The van der Waals surface area contributed by atoms with Gasteiger partial charge < -0.3 is 5.73 Å². The van der Waals surface area contributed by atoms with Crippen molar-refractivity contribution in [3.8, 4) is 21.7 Å². The summed E-state index contributed by atoms with van der Waals surface area (Å²) in [4.78, 5) is 1.11. The Kier molecular flexibility index (Phi) is 3.16. The average Bonchev–Trinajstić information content (AvgIpc) is 2.96. The average molecular weight is 334 g/mol. The van der Waals surface area contributed by atoms with Crippen LogP contribution in [0.4, 0.5) is 5.82 Å². The van der Waals surface area contributed by atoms with Crippen LogP contribution in [0.3, 0.4) is 0 Å². The molecule has 0 saturated heterocycles. The predicted molar refractivity (Wildman–Crippen MR) is 84.1 cm³/mol. The number of halogens is 1. The van der Waals surface area contributed by atoms with Gasteiger partial charge >= 0.3 is 0 Å². The van der Waals surface area contributed by atoms with Crippen molar-refractivity contribution in [3.05, 3.63) is 46.3 Å². The van der Waals surface area contributed by atoms with Gasteiger partial charge in [-0.3, -0.25) is 4.68 Å². The molecule has 0 radical (unpaired) electrons. The van der Waals surface area contributed by atoms with E-state index in [9.17, 15) is 0 Å². The highest BCUT2D eigenvalue weighted by Crippen LogP contribution is 2.39. The van der Waals surface area contributed by atoms with Crippen LogP contribution in [0, 0.1) is 0 Å². The molecule has 0 amide bonds.